The number of alkyl carbamates (subject to hydrolysis) is 1. The molecule has 0 radical (unpaired) electrons. The van der Waals surface area contributed by atoms with Crippen molar-refractivity contribution in [2.24, 2.45) is 0 Å². The van der Waals surface area contributed by atoms with Crippen LogP contribution in [0.2, 0.25) is 5.15 Å². The second-order valence-electron chi connectivity index (χ2n) is 5.92. The molecule has 2 unspecified atom stereocenters. The molecular formula is C18H19ClN4O4. The van der Waals surface area contributed by atoms with Gasteiger partial charge in [0.25, 0.3) is 0 Å². The Morgan fingerprint density at radius 2 is 2.04 bits per heavy atom. The monoisotopic (exact) mass is 390 g/mol. The van der Waals surface area contributed by atoms with Crippen LogP contribution in [0.25, 0.3) is 11.0 Å². The molecule has 0 aliphatic carbocycles. The minimum atomic E-state index is -1.19. The summed E-state index contributed by atoms with van der Waals surface area (Å²) in [5, 5.41) is 23.3. The van der Waals surface area contributed by atoms with Gasteiger partial charge in [-0.2, -0.15) is 0 Å². The van der Waals surface area contributed by atoms with Crippen LogP contribution in [0, 0.1) is 0 Å². The number of rotatable bonds is 7. The van der Waals surface area contributed by atoms with Crippen molar-refractivity contribution >= 4 is 28.7 Å². The molecule has 0 spiro atoms. The molecule has 2 heterocycles. The Balaban J connectivity index is 1.47. The third kappa shape index (κ3) is 4.73. The van der Waals surface area contributed by atoms with E-state index in [9.17, 15) is 15.0 Å². The summed E-state index contributed by atoms with van der Waals surface area (Å²) in [4.78, 5) is 22.5. The molecule has 0 aliphatic heterocycles. The van der Waals surface area contributed by atoms with Gasteiger partial charge in [0.2, 0.25) is 0 Å². The minimum Gasteiger partial charge on any atom is -0.445 e. The summed E-state index contributed by atoms with van der Waals surface area (Å²) in [6.45, 7) is 0.303. The van der Waals surface area contributed by atoms with Crippen LogP contribution in [0.15, 0.2) is 42.9 Å². The average molecular weight is 391 g/mol. The molecule has 0 fully saturated rings. The highest BCUT2D eigenvalue weighted by Gasteiger charge is 2.23. The van der Waals surface area contributed by atoms with E-state index in [1.54, 1.807) is 0 Å². The fourth-order valence-electron chi connectivity index (χ4n) is 2.62. The molecule has 9 heteroatoms. The second kappa shape index (κ2) is 8.81. The van der Waals surface area contributed by atoms with Gasteiger partial charge in [0, 0.05) is 18.3 Å². The summed E-state index contributed by atoms with van der Waals surface area (Å²) < 4.78 is 5.08. The van der Waals surface area contributed by atoms with Crippen LogP contribution < -0.4 is 5.32 Å². The number of aliphatic hydroxyl groups is 2. The van der Waals surface area contributed by atoms with Crippen molar-refractivity contribution in [1.82, 2.24) is 20.3 Å². The first kappa shape index (κ1) is 19.1. The molecule has 0 saturated carbocycles. The average Bonchev–Trinajstić information content (AvgIpc) is 3.12. The van der Waals surface area contributed by atoms with E-state index >= 15 is 0 Å². The number of hydrogen-bond donors (Lipinski definition) is 4. The summed E-state index contributed by atoms with van der Waals surface area (Å²) in [6.07, 6.45) is 0.0604. The number of aromatic nitrogens is 3. The molecule has 2 atom stereocenters. The van der Waals surface area contributed by atoms with E-state index in [4.69, 9.17) is 16.3 Å². The highest BCUT2D eigenvalue weighted by Crippen LogP contribution is 2.28. The zero-order valence-corrected chi connectivity index (χ0v) is 15.1. The Morgan fingerprint density at radius 3 is 2.81 bits per heavy atom. The van der Waals surface area contributed by atoms with Crippen molar-refractivity contribution in [1.29, 1.82) is 0 Å². The van der Waals surface area contributed by atoms with Crippen molar-refractivity contribution in [3.8, 4) is 0 Å². The van der Waals surface area contributed by atoms with E-state index in [1.165, 1.54) is 12.5 Å². The van der Waals surface area contributed by atoms with Crippen LogP contribution in [0.5, 0.6) is 0 Å². The zero-order chi connectivity index (χ0) is 19.2. The van der Waals surface area contributed by atoms with E-state index in [2.05, 4.69) is 20.3 Å². The largest absolute Gasteiger partial charge is 0.445 e. The normalized spacial score (nSPS) is 13.3. The van der Waals surface area contributed by atoms with Gasteiger partial charge in [0.15, 0.2) is 5.15 Å². The van der Waals surface area contributed by atoms with Crippen LogP contribution in [0.3, 0.4) is 0 Å². The number of fused-ring (bicyclic) bond motifs is 1. The van der Waals surface area contributed by atoms with Gasteiger partial charge in [0.05, 0.1) is 11.6 Å². The summed E-state index contributed by atoms with van der Waals surface area (Å²) >= 11 is 5.96. The Bertz CT molecular complexity index is 903. The first-order valence-corrected chi connectivity index (χ1v) is 8.72. The number of H-pyrrole nitrogens is 1. The second-order valence-corrected chi connectivity index (χ2v) is 6.28. The molecule has 8 nitrogen and oxygen atoms in total. The van der Waals surface area contributed by atoms with E-state index in [-0.39, 0.29) is 24.7 Å². The van der Waals surface area contributed by atoms with E-state index in [1.807, 2.05) is 30.3 Å². The topological polar surface area (TPSA) is 120 Å². The van der Waals surface area contributed by atoms with Crippen LogP contribution in [-0.2, 0) is 11.3 Å². The minimum absolute atomic E-state index is 0.132. The third-order valence-electron chi connectivity index (χ3n) is 4.05. The predicted molar refractivity (Wildman–Crippen MR) is 99.1 cm³/mol. The SMILES string of the molecule is O=C(NCCC(O)C(O)c1c[nH]c2c(Cl)ncnc12)OCc1ccccc1. The van der Waals surface area contributed by atoms with Crippen molar-refractivity contribution in [2.45, 2.75) is 25.2 Å². The number of carbonyl (C=O) groups is 1. The van der Waals surface area contributed by atoms with Gasteiger partial charge >= 0.3 is 6.09 Å². The lowest BCUT2D eigenvalue weighted by Gasteiger charge is -2.17. The number of aromatic amines is 1. The van der Waals surface area contributed by atoms with E-state index in [0.29, 0.717) is 16.6 Å². The van der Waals surface area contributed by atoms with Crippen LogP contribution in [-0.4, -0.2) is 43.9 Å². The number of carbonyl (C=O) groups excluding carboxylic acids is 1. The standard InChI is InChI=1S/C18H19ClN4O4/c19-17-15-14(22-10-23-17)12(8-21-15)16(25)13(24)6-7-20-18(26)27-9-11-4-2-1-3-5-11/h1-5,8,10,13,16,21,24-25H,6-7,9H2,(H,20,26). The number of nitrogens with zero attached hydrogens (tertiary/aromatic N) is 2. The highest BCUT2D eigenvalue weighted by molar-refractivity contribution is 6.33. The molecular weight excluding hydrogens is 372 g/mol. The number of hydrogen-bond acceptors (Lipinski definition) is 6. The Morgan fingerprint density at radius 1 is 1.26 bits per heavy atom. The lowest BCUT2D eigenvalue weighted by atomic mass is 10.0. The number of benzene rings is 1. The quantitative estimate of drug-likeness (QED) is 0.459. The number of ether oxygens (including phenoxy) is 1. The summed E-state index contributed by atoms with van der Waals surface area (Å²) in [5.74, 6) is 0. The fourth-order valence-corrected chi connectivity index (χ4v) is 2.80. The van der Waals surface area contributed by atoms with Gasteiger partial charge in [0.1, 0.15) is 24.6 Å². The molecule has 1 amide bonds. The predicted octanol–water partition coefficient (Wildman–Crippen LogP) is 2.32. The Labute approximate surface area is 160 Å². The van der Waals surface area contributed by atoms with Crippen LogP contribution in [0.4, 0.5) is 4.79 Å². The molecule has 2 aromatic heterocycles. The maximum atomic E-state index is 11.7. The highest BCUT2D eigenvalue weighted by atomic mass is 35.5. The van der Waals surface area contributed by atoms with Crippen molar-refractivity contribution in [3.05, 3.63) is 59.1 Å². The molecule has 3 aromatic rings. The molecule has 142 valence electrons. The van der Waals surface area contributed by atoms with Crippen molar-refractivity contribution in [2.75, 3.05) is 6.54 Å². The fraction of sp³-hybridized carbons (Fsp3) is 0.278. The van der Waals surface area contributed by atoms with Crippen molar-refractivity contribution in [3.63, 3.8) is 0 Å². The molecule has 0 aliphatic rings. The van der Waals surface area contributed by atoms with E-state index < -0.39 is 18.3 Å². The number of halogens is 1. The molecule has 1 aromatic carbocycles. The molecule has 0 bridgehead atoms. The lowest BCUT2D eigenvalue weighted by molar-refractivity contribution is 0.0144. The van der Waals surface area contributed by atoms with Gasteiger partial charge in [-0.05, 0) is 12.0 Å². The van der Waals surface area contributed by atoms with Crippen LogP contribution >= 0.6 is 11.6 Å². The lowest BCUT2D eigenvalue weighted by Crippen LogP contribution is -2.29. The molecule has 27 heavy (non-hydrogen) atoms. The molecule has 4 N–H and O–H groups in total. The third-order valence-corrected chi connectivity index (χ3v) is 4.34. The maximum Gasteiger partial charge on any atom is 0.407 e. The summed E-state index contributed by atoms with van der Waals surface area (Å²) in [7, 11) is 0. The summed E-state index contributed by atoms with van der Waals surface area (Å²) in [5.41, 5.74) is 2.22. The van der Waals surface area contributed by atoms with E-state index in [0.717, 1.165) is 5.56 Å². The zero-order valence-electron chi connectivity index (χ0n) is 14.3. The summed E-state index contributed by atoms with van der Waals surface area (Å²) in [6, 6.07) is 9.30. The maximum absolute atomic E-state index is 11.7. The first-order chi connectivity index (χ1) is 13.1. The van der Waals surface area contributed by atoms with Gasteiger partial charge in [-0.3, -0.25) is 0 Å². The van der Waals surface area contributed by atoms with Crippen LogP contribution in [0.1, 0.15) is 23.7 Å². The smallest absolute Gasteiger partial charge is 0.407 e. The van der Waals surface area contributed by atoms with Gasteiger partial charge in [-0.15, -0.1) is 0 Å². The Hall–Kier alpha value is -2.68. The molecule has 0 saturated heterocycles. The number of aliphatic hydroxyl groups excluding tert-OH is 2. The number of nitrogens with one attached hydrogen (secondary N) is 2. The van der Waals surface area contributed by atoms with Gasteiger partial charge < -0.3 is 25.3 Å². The van der Waals surface area contributed by atoms with Gasteiger partial charge in [-0.1, -0.05) is 41.9 Å². The Kier molecular flexibility index (Phi) is 6.23. The van der Waals surface area contributed by atoms with Crippen molar-refractivity contribution < 1.29 is 19.7 Å². The first-order valence-electron chi connectivity index (χ1n) is 8.34. The van der Waals surface area contributed by atoms with Gasteiger partial charge in [-0.25, -0.2) is 14.8 Å². The number of amides is 1. The molecule has 3 rings (SSSR count).